The van der Waals surface area contributed by atoms with Crippen LogP contribution in [0.3, 0.4) is 0 Å². The van der Waals surface area contributed by atoms with E-state index in [-0.39, 0.29) is 11.9 Å². The number of halogens is 2. The minimum absolute atomic E-state index is 0.168. The molecule has 2 N–H and O–H groups in total. The number of aliphatic hydroxyl groups excluding tert-OH is 1. The lowest BCUT2D eigenvalue weighted by atomic mass is 10.1. The third-order valence-corrected chi connectivity index (χ3v) is 3.50. The molecule has 0 aliphatic heterocycles. The molecule has 1 unspecified atom stereocenters. The largest absolute Gasteiger partial charge is 0.387 e. The summed E-state index contributed by atoms with van der Waals surface area (Å²) in [6.07, 6.45) is -0.651. The van der Waals surface area contributed by atoms with E-state index in [9.17, 15) is 9.50 Å². The van der Waals surface area contributed by atoms with E-state index in [0.29, 0.717) is 17.1 Å². The molecule has 2 nitrogen and oxygen atoms in total. The zero-order valence-corrected chi connectivity index (χ0v) is 11.9. The van der Waals surface area contributed by atoms with Crippen LogP contribution in [0.4, 0.5) is 4.39 Å². The maximum absolute atomic E-state index is 13.6. The van der Waals surface area contributed by atoms with Crippen molar-refractivity contribution in [2.75, 3.05) is 6.54 Å². The summed E-state index contributed by atoms with van der Waals surface area (Å²) in [5.74, 6) is -0.242. The average molecular weight is 294 g/mol. The molecule has 0 radical (unpaired) electrons. The van der Waals surface area contributed by atoms with Crippen LogP contribution in [0.25, 0.3) is 0 Å². The first-order valence-electron chi connectivity index (χ1n) is 6.49. The van der Waals surface area contributed by atoms with E-state index in [1.54, 1.807) is 42.5 Å². The summed E-state index contributed by atoms with van der Waals surface area (Å²) in [5.41, 5.74) is 1.37. The summed E-state index contributed by atoms with van der Waals surface area (Å²) in [6.45, 7) is 2.21. The standard InChI is InChI=1S/C16H17ClFNO/c1-11(14-4-2-3-5-15(14)18)19-10-16(20)12-6-8-13(17)9-7-12/h2-9,11,16,19-20H,10H2,1H3/t11-,16?/m1/s1. The van der Waals surface area contributed by atoms with Crippen LogP contribution in [0.1, 0.15) is 30.2 Å². The Bertz CT molecular complexity index is 559. The Balaban J connectivity index is 1.95. The van der Waals surface area contributed by atoms with Crippen LogP contribution < -0.4 is 5.32 Å². The Morgan fingerprint density at radius 2 is 1.80 bits per heavy atom. The second kappa shape index (κ2) is 6.84. The van der Waals surface area contributed by atoms with Crippen LogP contribution in [0.15, 0.2) is 48.5 Å². The van der Waals surface area contributed by atoms with Gasteiger partial charge < -0.3 is 10.4 Å². The molecule has 106 valence electrons. The van der Waals surface area contributed by atoms with Crippen molar-refractivity contribution in [1.82, 2.24) is 5.32 Å². The molecule has 0 aliphatic carbocycles. The molecule has 0 spiro atoms. The molecule has 0 amide bonds. The van der Waals surface area contributed by atoms with Crippen molar-refractivity contribution in [2.45, 2.75) is 19.1 Å². The molecule has 0 saturated heterocycles. The summed E-state index contributed by atoms with van der Waals surface area (Å²) in [5, 5.41) is 13.8. The first-order chi connectivity index (χ1) is 9.58. The van der Waals surface area contributed by atoms with Crippen LogP contribution in [-0.2, 0) is 0 Å². The molecular formula is C16H17ClFNO. The van der Waals surface area contributed by atoms with Gasteiger partial charge in [-0.2, -0.15) is 0 Å². The maximum atomic E-state index is 13.6. The fourth-order valence-electron chi connectivity index (χ4n) is 2.03. The zero-order valence-electron chi connectivity index (χ0n) is 11.2. The lowest BCUT2D eigenvalue weighted by Crippen LogP contribution is -2.25. The van der Waals surface area contributed by atoms with E-state index in [1.165, 1.54) is 6.07 Å². The highest BCUT2D eigenvalue weighted by Gasteiger charge is 2.13. The predicted molar refractivity (Wildman–Crippen MR) is 79.2 cm³/mol. The molecule has 2 atom stereocenters. The molecule has 4 heteroatoms. The van der Waals surface area contributed by atoms with Crippen LogP contribution in [-0.4, -0.2) is 11.7 Å². The highest BCUT2D eigenvalue weighted by Crippen LogP contribution is 2.19. The van der Waals surface area contributed by atoms with Gasteiger partial charge in [-0.25, -0.2) is 4.39 Å². The van der Waals surface area contributed by atoms with Crippen molar-refractivity contribution in [3.63, 3.8) is 0 Å². The van der Waals surface area contributed by atoms with Gasteiger partial charge in [0.25, 0.3) is 0 Å². The van der Waals surface area contributed by atoms with Gasteiger partial charge in [-0.15, -0.1) is 0 Å². The third-order valence-electron chi connectivity index (χ3n) is 3.24. The molecule has 0 saturated carbocycles. The fraction of sp³-hybridized carbons (Fsp3) is 0.250. The van der Waals surface area contributed by atoms with Gasteiger partial charge in [-0.05, 0) is 30.7 Å². The maximum Gasteiger partial charge on any atom is 0.127 e. The molecule has 0 aromatic heterocycles. The van der Waals surface area contributed by atoms with Crippen LogP contribution in [0.5, 0.6) is 0 Å². The van der Waals surface area contributed by atoms with E-state index in [2.05, 4.69) is 5.32 Å². The topological polar surface area (TPSA) is 32.3 Å². The first-order valence-corrected chi connectivity index (χ1v) is 6.87. The molecule has 0 aliphatic rings. The Hall–Kier alpha value is -1.42. The highest BCUT2D eigenvalue weighted by molar-refractivity contribution is 6.30. The van der Waals surface area contributed by atoms with Crippen molar-refractivity contribution >= 4 is 11.6 Å². The summed E-state index contributed by atoms with van der Waals surface area (Å²) in [6, 6.07) is 13.5. The molecule has 2 aromatic carbocycles. The monoisotopic (exact) mass is 293 g/mol. The lowest BCUT2D eigenvalue weighted by molar-refractivity contribution is 0.170. The average Bonchev–Trinajstić information content (AvgIpc) is 2.45. The van der Waals surface area contributed by atoms with Crippen LogP contribution in [0.2, 0.25) is 5.02 Å². The number of aliphatic hydroxyl groups is 1. The van der Waals surface area contributed by atoms with Gasteiger partial charge in [-0.3, -0.25) is 0 Å². The fourth-order valence-corrected chi connectivity index (χ4v) is 2.15. The second-order valence-electron chi connectivity index (χ2n) is 4.72. The summed E-state index contributed by atoms with van der Waals surface area (Å²) in [4.78, 5) is 0. The Labute approximate surface area is 123 Å². The summed E-state index contributed by atoms with van der Waals surface area (Å²) < 4.78 is 13.6. The molecule has 2 rings (SSSR count). The van der Waals surface area contributed by atoms with E-state index in [4.69, 9.17) is 11.6 Å². The molecule has 0 heterocycles. The SMILES string of the molecule is C[C@@H](NCC(O)c1ccc(Cl)cc1)c1ccccc1F. The smallest absolute Gasteiger partial charge is 0.127 e. The normalized spacial score (nSPS) is 14.0. The Morgan fingerprint density at radius 1 is 1.15 bits per heavy atom. The predicted octanol–water partition coefficient (Wildman–Crippen LogP) is 3.86. The van der Waals surface area contributed by atoms with E-state index in [1.807, 2.05) is 6.92 Å². The summed E-state index contributed by atoms with van der Waals surface area (Å²) >= 11 is 5.80. The van der Waals surface area contributed by atoms with Gasteiger partial charge >= 0.3 is 0 Å². The number of hydrogen-bond donors (Lipinski definition) is 2. The van der Waals surface area contributed by atoms with E-state index < -0.39 is 6.10 Å². The number of benzene rings is 2. The zero-order chi connectivity index (χ0) is 14.5. The molecule has 2 aromatic rings. The van der Waals surface area contributed by atoms with Crippen molar-refractivity contribution in [3.8, 4) is 0 Å². The van der Waals surface area contributed by atoms with Gasteiger partial charge in [0.15, 0.2) is 0 Å². The van der Waals surface area contributed by atoms with Crippen molar-refractivity contribution in [3.05, 3.63) is 70.5 Å². The van der Waals surface area contributed by atoms with E-state index in [0.717, 1.165) is 5.56 Å². The Kier molecular flexibility index (Phi) is 5.12. The number of rotatable bonds is 5. The van der Waals surface area contributed by atoms with Crippen molar-refractivity contribution in [2.24, 2.45) is 0 Å². The first kappa shape index (κ1) is 15.0. The Morgan fingerprint density at radius 3 is 2.45 bits per heavy atom. The molecular weight excluding hydrogens is 277 g/mol. The number of hydrogen-bond acceptors (Lipinski definition) is 2. The van der Waals surface area contributed by atoms with Gasteiger partial charge in [0.05, 0.1) is 6.10 Å². The van der Waals surface area contributed by atoms with Gasteiger partial charge in [0.2, 0.25) is 0 Å². The van der Waals surface area contributed by atoms with E-state index >= 15 is 0 Å². The second-order valence-corrected chi connectivity index (χ2v) is 5.16. The quantitative estimate of drug-likeness (QED) is 0.877. The molecule has 0 fully saturated rings. The third kappa shape index (κ3) is 3.79. The van der Waals surface area contributed by atoms with Crippen molar-refractivity contribution in [1.29, 1.82) is 0 Å². The molecule has 20 heavy (non-hydrogen) atoms. The van der Waals surface area contributed by atoms with Crippen LogP contribution >= 0.6 is 11.6 Å². The van der Waals surface area contributed by atoms with Gasteiger partial charge in [0.1, 0.15) is 5.82 Å². The minimum atomic E-state index is -0.651. The summed E-state index contributed by atoms with van der Waals surface area (Å²) in [7, 11) is 0. The minimum Gasteiger partial charge on any atom is -0.387 e. The van der Waals surface area contributed by atoms with Crippen molar-refractivity contribution < 1.29 is 9.50 Å². The van der Waals surface area contributed by atoms with Crippen LogP contribution in [0, 0.1) is 5.82 Å². The lowest BCUT2D eigenvalue weighted by Gasteiger charge is -2.18. The van der Waals surface area contributed by atoms with Gasteiger partial charge in [0, 0.05) is 23.2 Å². The highest BCUT2D eigenvalue weighted by atomic mass is 35.5. The number of nitrogens with one attached hydrogen (secondary N) is 1. The molecule has 0 bridgehead atoms. The van der Waals surface area contributed by atoms with Gasteiger partial charge in [-0.1, -0.05) is 41.9 Å².